The Kier molecular flexibility index (Phi) is 7.46. The second-order valence-corrected chi connectivity index (χ2v) is 8.44. The van der Waals surface area contributed by atoms with E-state index in [4.69, 9.17) is 32.4 Å². The van der Waals surface area contributed by atoms with Crippen molar-refractivity contribution in [1.29, 1.82) is 0 Å². The van der Waals surface area contributed by atoms with Gasteiger partial charge in [-0.1, -0.05) is 41.4 Å². The molecule has 1 saturated heterocycles. The number of nitrogens with zero attached hydrogens (tertiary/aromatic N) is 2. The first-order valence-electron chi connectivity index (χ1n) is 10.5. The first-order chi connectivity index (χ1) is 17.7. The second kappa shape index (κ2) is 10.7. The molecule has 0 aliphatic carbocycles. The smallest absolute Gasteiger partial charge is 0.373 e. The number of benzene rings is 2. The fourth-order valence-corrected chi connectivity index (χ4v) is 3.76. The van der Waals surface area contributed by atoms with E-state index in [1.54, 1.807) is 18.2 Å². The number of hydrogen-bond acceptors (Lipinski definition) is 8. The third-order valence-electron chi connectivity index (χ3n) is 5.21. The zero-order chi connectivity index (χ0) is 26.7. The summed E-state index contributed by atoms with van der Waals surface area (Å²) in [5, 5.41) is 14.7. The summed E-state index contributed by atoms with van der Waals surface area (Å²) in [6, 6.07) is 11.0. The van der Waals surface area contributed by atoms with Crippen LogP contribution in [0.15, 0.2) is 58.6 Å². The third kappa shape index (κ3) is 5.57. The van der Waals surface area contributed by atoms with Crippen molar-refractivity contribution in [1.82, 2.24) is 10.2 Å². The highest BCUT2D eigenvalue weighted by atomic mass is 35.5. The summed E-state index contributed by atoms with van der Waals surface area (Å²) in [6.45, 7) is -0.333. The number of rotatable bonds is 8. The van der Waals surface area contributed by atoms with E-state index < -0.39 is 22.8 Å². The van der Waals surface area contributed by atoms with Crippen LogP contribution in [0.2, 0.25) is 10.0 Å². The van der Waals surface area contributed by atoms with E-state index >= 15 is 0 Å². The average Bonchev–Trinajstić information content (AvgIpc) is 3.45. The van der Waals surface area contributed by atoms with Crippen LogP contribution in [0.3, 0.4) is 0 Å². The highest BCUT2D eigenvalue weighted by Gasteiger charge is 2.35. The number of carbonyl (C=O) groups excluding carboxylic acids is 3. The predicted octanol–water partition coefficient (Wildman–Crippen LogP) is 4.95. The number of ether oxygens (including phenoxy) is 2. The SMILES string of the molecule is COC(=O)c1ccc(CN2C(=O)N/C(=C\c3cccc([N+](=O)[O-])c3OCc3ccc(Cl)c(Cl)c3)C2=O)o1. The highest BCUT2D eigenvalue weighted by molar-refractivity contribution is 6.42. The van der Waals surface area contributed by atoms with Crippen LogP contribution in [0.1, 0.15) is 27.4 Å². The van der Waals surface area contributed by atoms with Gasteiger partial charge in [-0.3, -0.25) is 19.8 Å². The fraction of sp³-hybridized carbons (Fsp3) is 0.125. The van der Waals surface area contributed by atoms with Crippen molar-refractivity contribution in [3.8, 4) is 5.75 Å². The van der Waals surface area contributed by atoms with Gasteiger partial charge >= 0.3 is 17.7 Å². The number of nitro benzene ring substituents is 1. The molecule has 0 saturated carbocycles. The minimum Gasteiger partial charge on any atom is -0.482 e. The maximum absolute atomic E-state index is 12.9. The van der Waals surface area contributed by atoms with Crippen molar-refractivity contribution in [2.24, 2.45) is 0 Å². The summed E-state index contributed by atoms with van der Waals surface area (Å²) in [5.74, 6) is -1.43. The Labute approximate surface area is 219 Å². The zero-order valence-corrected chi connectivity index (χ0v) is 20.5. The first-order valence-corrected chi connectivity index (χ1v) is 11.3. The molecule has 0 atom stereocenters. The number of furan rings is 1. The molecule has 0 radical (unpaired) electrons. The number of imide groups is 1. The lowest BCUT2D eigenvalue weighted by atomic mass is 10.1. The van der Waals surface area contributed by atoms with Gasteiger partial charge in [0.1, 0.15) is 18.1 Å². The van der Waals surface area contributed by atoms with Gasteiger partial charge in [-0.25, -0.2) is 9.59 Å². The molecule has 1 fully saturated rings. The van der Waals surface area contributed by atoms with Crippen molar-refractivity contribution < 1.29 is 33.2 Å². The highest BCUT2D eigenvalue weighted by Crippen LogP contribution is 2.34. The van der Waals surface area contributed by atoms with E-state index in [9.17, 15) is 24.5 Å². The molecule has 1 aliphatic rings. The topological polar surface area (TPSA) is 141 Å². The molecule has 2 aromatic carbocycles. The van der Waals surface area contributed by atoms with Crippen LogP contribution in [0.25, 0.3) is 6.08 Å². The number of nitro groups is 1. The predicted molar refractivity (Wildman–Crippen MR) is 131 cm³/mol. The second-order valence-electron chi connectivity index (χ2n) is 7.63. The fourth-order valence-electron chi connectivity index (χ4n) is 3.44. The van der Waals surface area contributed by atoms with Crippen molar-refractivity contribution in [3.05, 3.63) is 97.0 Å². The number of esters is 1. The number of amides is 3. The standard InChI is InChI=1S/C24H17Cl2N3O8/c1-35-23(31)20-8-6-15(37-20)11-28-22(30)18(27-24(28)32)10-14-3-2-4-19(29(33)34)21(14)36-12-13-5-7-16(25)17(26)9-13/h2-10H,11-12H2,1H3,(H,27,32)/b18-10-. The lowest BCUT2D eigenvalue weighted by Crippen LogP contribution is -2.30. The van der Waals surface area contributed by atoms with Gasteiger partial charge in [0.05, 0.1) is 28.6 Å². The molecule has 1 N–H and O–H groups in total. The van der Waals surface area contributed by atoms with Crippen molar-refractivity contribution in [2.75, 3.05) is 7.11 Å². The number of methoxy groups -OCH3 is 1. The van der Waals surface area contributed by atoms with E-state index in [2.05, 4.69) is 10.1 Å². The summed E-state index contributed by atoms with van der Waals surface area (Å²) < 4.78 is 15.6. The molecular formula is C24H17Cl2N3O8. The van der Waals surface area contributed by atoms with E-state index in [-0.39, 0.29) is 47.4 Å². The molecule has 2 heterocycles. The molecule has 3 aromatic rings. The van der Waals surface area contributed by atoms with Gasteiger partial charge < -0.3 is 19.2 Å². The average molecular weight is 546 g/mol. The van der Waals surface area contributed by atoms with Crippen LogP contribution >= 0.6 is 23.2 Å². The number of nitrogens with one attached hydrogen (secondary N) is 1. The van der Waals surface area contributed by atoms with Gasteiger partial charge in [0, 0.05) is 11.6 Å². The van der Waals surface area contributed by atoms with Gasteiger partial charge in [0.15, 0.2) is 0 Å². The van der Waals surface area contributed by atoms with E-state index in [0.717, 1.165) is 4.90 Å². The molecule has 0 spiro atoms. The lowest BCUT2D eigenvalue weighted by Gasteiger charge is -2.11. The zero-order valence-electron chi connectivity index (χ0n) is 19.0. The molecule has 13 heteroatoms. The van der Waals surface area contributed by atoms with E-state index in [1.165, 1.54) is 43.5 Å². The summed E-state index contributed by atoms with van der Waals surface area (Å²) >= 11 is 12.0. The number of hydrogen-bond donors (Lipinski definition) is 1. The summed E-state index contributed by atoms with van der Waals surface area (Å²) in [6.07, 6.45) is 1.28. The largest absolute Gasteiger partial charge is 0.482 e. The van der Waals surface area contributed by atoms with Crippen molar-refractivity contribution >= 4 is 52.9 Å². The number of para-hydroxylation sites is 1. The van der Waals surface area contributed by atoms with Crippen LogP contribution < -0.4 is 10.1 Å². The molecule has 1 aliphatic heterocycles. The Balaban J connectivity index is 1.59. The molecule has 37 heavy (non-hydrogen) atoms. The van der Waals surface area contributed by atoms with Gasteiger partial charge in [-0.15, -0.1) is 0 Å². The third-order valence-corrected chi connectivity index (χ3v) is 5.95. The van der Waals surface area contributed by atoms with Gasteiger partial charge in [0.25, 0.3) is 5.91 Å². The molecular weight excluding hydrogens is 529 g/mol. The quantitative estimate of drug-likeness (QED) is 0.138. The van der Waals surface area contributed by atoms with Crippen LogP contribution in [-0.4, -0.2) is 34.8 Å². The maximum atomic E-state index is 12.9. The Hall–Kier alpha value is -4.35. The van der Waals surface area contributed by atoms with Crippen LogP contribution in [0.4, 0.5) is 10.5 Å². The molecule has 1 aromatic heterocycles. The Morgan fingerprint density at radius 3 is 2.65 bits per heavy atom. The minimum atomic E-state index is -0.740. The van der Waals surface area contributed by atoms with E-state index in [0.29, 0.717) is 15.6 Å². The van der Waals surface area contributed by atoms with Gasteiger partial charge in [-0.05, 0) is 35.9 Å². The first kappa shape index (κ1) is 25.7. The monoisotopic (exact) mass is 545 g/mol. The molecule has 190 valence electrons. The van der Waals surface area contributed by atoms with E-state index in [1.807, 2.05) is 0 Å². The summed E-state index contributed by atoms with van der Waals surface area (Å²) in [7, 11) is 1.19. The molecule has 4 rings (SSSR count). The Morgan fingerprint density at radius 1 is 1.16 bits per heavy atom. The molecule has 11 nitrogen and oxygen atoms in total. The normalized spacial score (nSPS) is 14.1. The van der Waals surface area contributed by atoms with Crippen molar-refractivity contribution in [2.45, 2.75) is 13.2 Å². The molecule has 0 bridgehead atoms. The van der Waals surface area contributed by atoms with Crippen LogP contribution in [0, 0.1) is 10.1 Å². The molecule has 0 unspecified atom stereocenters. The minimum absolute atomic E-state index is 0.0780. The van der Waals surface area contributed by atoms with Crippen LogP contribution in [0.5, 0.6) is 5.75 Å². The maximum Gasteiger partial charge on any atom is 0.373 e. The molecule has 3 amide bonds. The number of urea groups is 1. The number of halogens is 2. The van der Waals surface area contributed by atoms with Crippen molar-refractivity contribution in [3.63, 3.8) is 0 Å². The Morgan fingerprint density at radius 2 is 1.95 bits per heavy atom. The Bertz CT molecular complexity index is 1450. The summed E-state index contributed by atoms with van der Waals surface area (Å²) in [5.41, 5.74) is 0.316. The van der Waals surface area contributed by atoms with Crippen LogP contribution in [-0.2, 0) is 22.7 Å². The number of carbonyl (C=O) groups is 3. The lowest BCUT2D eigenvalue weighted by molar-refractivity contribution is -0.386. The van der Waals surface area contributed by atoms with Gasteiger partial charge in [0.2, 0.25) is 11.5 Å². The van der Waals surface area contributed by atoms with Gasteiger partial charge in [-0.2, -0.15) is 0 Å². The summed E-state index contributed by atoms with van der Waals surface area (Å²) in [4.78, 5) is 48.9.